The molecule has 7 nitrogen and oxygen atoms in total. The number of thiazole rings is 1. The average Bonchev–Trinajstić information content (AvgIpc) is 3.45. The van der Waals surface area contributed by atoms with E-state index in [9.17, 15) is 14.7 Å². The number of rotatable bonds is 6. The van der Waals surface area contributed by atoms with Gasteiger partial charge in [-0.2, -0.15) is 0 Å². The number of carbonyl (C=O) groups is 2. The van der Waals surface area contributed by atoms with Gasteiger partial charge in [-0.05, 0) is 65.4 Å². The van der Waals surface area contributed by atoms with Crippen molar-refractivity contribution < 1.29 is 19.4 Å². The van der Waals surface area contributed by atoms with E-state index in [0.717, 1.165) is 21.3 Å². The summed E-state index contributed by atoms with van der Waals surface area (Å²) >= 11 is 1.34. The van der Waals surface area contributed by atoms with Crippen molar-refractivity contribution in [1.82, 2.24) is 9.97 Å². The molecular weight excluding hydrogens is 498 g/mol. The molecule has 1 aliphatic heterocycles. The third kappa shape index (κ3) is 4.35. The van der Waals surface area contributed by atoms with Crippen LogP contribution < -0.4 is 9.64 Å². The van der Waals surface area contributed by atoms with Gasteiger partial charge in [0.2, 0.25) is 0 Å². The van der Waals surface area contributed by atoms with Gasteiger partial charge in [-0.15, -0.1) is 0 Å². The lowest BCUT2D eigenvalue weighted by Gasteiger charge is -2.22. The van der Waals surface area contributed by atoms with Crippen molar-refractivity contribution in [2.45, 2.75) is 45.6 Å². The number of ether oxygens (including phenoxy) is 1. The van der Waals surface area contributed by atoms with E-state index in [2.05, 4.69) is 24.9 Å². The van der Waals surface area contributed by atoms with E-state index in [1.807, 2.05) is 26.0 Å². The SMILES string of the molecule is COc1ccc(/C(O)=C2\C(=O)C(=O)N(c3nc4ccc(C(C)C)cc4s3)C2c2ccccn2)cc1C(C)C. The van der Waals surface area contributed by atoms with E-state index in [4.69, 9.17) is 9.72 Å². The van der Waals surface area contributed by atoms with Crippen molar-refractivity contribution in [2.24, 2.45) is 0 Å². The summed E-state index contributed by atoms with van der Waals surface area (Å²) in [5, 5.41) is 11.9. The Kier molecular flexibility index (Phi) is 6.75. The minimum absolute atomic E-state index is 0.0179. The lowest BCUT2D eigenvalue weighted by Crippen LogP contribution is -2.29. The highest BCUT2D eigenvalue weighted by molar-refractivity contribution is 7.22. The molecular formula is C30H29N3O4S. The maximum Gasteiger partial charge on any atom is 0.301 e. The Morgan fingerprint density at radius 2 is 1.82 bits per heavy atom. The number of benzene rings is 2. The molecule has 1 fully saturated rings. The molecule has 38 heavy (non-hydrogen) atoms. The van der Waals surface area contributed by atoms with Crippen LogP contribution in [0.3, 0.4) is 0 Å². The van der Waals surface area contributed by atoms with Crippen molar-refractivity contribution in [2.75, 3.05) is 12.0 Å². The number of hydrogen-bond acceptors (Lipinski definition) is 7. The third-order valence-corrected chi connectivity index (χ3v) is 7.83. The number of aromatic nitrogens is 2. The second kappa shape index (κ2) is 10.0. The van der Waals surface area contributed by atoms with E-state index >= 15 is 0 Å². The van der Waals surface area contributed by atoms with Crippen LogP contribution in [0.2, 0.25) is 0 Å². The molecule has 1 unspecified atom stereocenters. The van der Waals surface area contributed by atoms with Gasteiger partial charge in [-0.25, -0.2) is 4.98 Å². The number of aliphatic hydroxyl groups is 1. The number of fused-ring (bicyclic) bond motifs is 1. The van der Waals surface area contributed by atoms with Gasteiger partial charge in [0.25, 0.3) is 5.78 Å². The fourth-order valence-corrected chi connectivity index (χ4v) is 5.77. The van der Waals surface area contributed by atoms with Crippen LogP contribution in [-0.4, -0.2) is 33.9 Å². The Bertz CT molecular complexity index is 1570. The van der Waals surface area contributed by atoms with Crippen molar-refractivity contribution in [3.63, 3.8) is 0 Å². The summed E-state index contributed by atoms with van der Waals surface area (Å²) in [6.45, 7) is 8.28. The first-order valence-corrected chi connectivity index (χ1v) is 13.3. The maximum atomic E-state index is 13.5. The van der Waals surface area contributed by atoms with E-state index in [1.165, 1.54) is 16.2 Å². The minimum Gasteiger partial charge on any atom is -0.507 e. The predicted molar refractivity (Wildman–Crippen MR) is 150 cm³/mol. The fourth-order valence-electron chi connectivity index (χ4n) is 4.73. The predicted octanol–water partition coefficient (Wildman–Crippen LogP) is 6.57. The topological polar surface area (TPSA) is 92.6 Å². The van der Waals surface area contributed by atoms with Gasteiger partial charge in [0.1, 0.15) is 17.6 Å². The van der Waals surface area contributed by atoms with Crippen LogP contribution in [0.25, 0.3) is 16.0 Å². The molecule has 0 spiro atoms. The number of anilines is 1. The highest BCUT2D eigenvalue weighted by Crippen LogP contribution is 2.44. The zero-order chi connectivity index (χ0) is 27.1. The summed E-state index contributed by atoms with van der Waals surface area (Å²) in [7, 11) is 1.59. The lowest BCUT2D eigenvalue weighted by atomic mass is 9.94. The average molecular weight is 528 g/mol. The zero-order valence-electron chi connectivity index (χ0n) is 21.9. The van der Waals surface area contributed by atoms with E-state index < -0.39 is 17.7 Å². The van der Waals surface area contributed by atoms with Gasteiger partial charge >= 0.3 is 5.91 Å². The van der Waals surface area contributed by atoms with Crippen LogP contribution in [0.5, 0.6) is 5.75 Å². The Hall–Kier alpha value is -4.04. The highest BCUT2D eigenvalue weighted by atomic mass is 32.1. The van der Waals surface area contributed by atoms with Gasteiger partial charge in [0.15, 0.2) is 5.13 Å². The van der Waals surface area contributed by atoms with Gasteiger partial charge in [-0.1, -0.05) is 51.2 Å². The smallest absolute Gasteiger partial charge is 0.301 e. The first-order valence-electron chi connectivity index (χ1n) is 12.5. The Morgan fingerprint density at radius 3 is 2.47 bits per heavy atom. The minimum atomic E-state index is -0.925. The van der Waals surface area contributed by atoms with Crippen molar-refractivity contribution in [1.29, 1.82) is 0 Å². The van der Waals surface area contributed by atoms with Crippen LogP contribution in [-0.2, 0) is 9.59 Å². The molecule has 1 N–H and O–H groups in total. The van der Waals surface area contributed by atoms with Gasteiger partial charge < -0.3 is 9.84 Å². The van der Waals surface area contributed by atoms with Gasteiger partial charge in [0.05, 0.1) is 28.6 Å². The zero-order valence-corrected chi connectivity index (χ0v) is 22.7. The van der Waals surface area contributed by atoms with Crippen molar-refractivity contribution in [3.05, 3.63) is 88.8 Å². The number of methoxy groups -OCH3 is 1. The summed E-state index contributed by atoms with van der Waals surface area (Å²) in [6.07, 6.45) is 1.60. The van der Waals surface area contributed by atoms with Crippen molar-refractivity contribution >= 4 is 44.1 Å². The first kappa shape index (κ1) is 25.6. The molecule has 2 aromatic carbocycles. The summed E-state index contributed by atoms with van der Waals surface area (Å²) in [4.78, 5) is 37.5. The van der Waals surface area contributed by atoms with E-state index in [-0.39, 0.29) is 17.3 Å². The first-order chi connectivity index (χ1) is 18.2. The number of pyridine rings is 1. The number of hydrogen-bond donors (Lipinski definition) is 1. The van der Waals surface area contributed by atoms with E-state index in [0.29, 0.717) is 28.1 Å². The number of amides is 1. The molecule has 3 heterocycles. The largest absolute Gasteiger partial charge is 0.507 e. The van der Waals surface area contributed by atoms with Gasteiger partial charge in [-0.3, -0.25) is 19.5 Å². The normalized spacial score (nSPS) is 17.2. The number of carbonyl (C=O) groups excluding carboxylic acids is 2. The fraction of sp³-hybridized carbons (Fsp3) is 0.267. The monoisotopic (exact) mass is 527 g/mol. The molecule has 0 aliphatic carbocycles. The second-order valence-corrected chi connectivity index (χ2v) is 10.9. The lowest BCUT2D eigenvalue weighted by molar-refractivity contribution is -0.132. The van der Waals surface area contributed by atoms with Crippen LogP contribution in [0, 0.1) is 0 Å². The Labute approximate surface area is 225 Å². The third-order valence-electron chi connectivity index (χ3n) is 6.81. The van der Waals surface area contributed by atoms with Crippen LogP contribution in [0.1, 0.15) is 68.0 Å². The second-order valence-electron chi connectivity index (χ2n) is 9.91. The molecule has 4 aromatic rings. The molecule has 0 radical (unpaired) electrons. The Morgan fingerprint density at radius 1 is 1.03 bits per heavy atom. The van der Waals surface area contributed by atoms with Crippen LogP contribution in [0.4, 0.5) is 5.13 Å². The van der Waals surface area contributed by atoms with Crippen LogP contribution in [0.15, 0.2) is 66.4 Å². The number of ketones is 1. The molecule has 0 bridgehead atoms. The molecule has 1 saturated heterocycles. The van der Waals surface area contributed by atoms with Crippen molar-refractivity contribution in [3.8, 4) is 5.75 Å². The quantitative estimate of drug-likeness (QED) is 0.173. The summed E-state index contributed by atoms with van der Waals surface area (Å²) in [5.41, 5.74) is 3.67. The molecule has 194 valence electrons. The molecule has 0 saturated carbocycles. The molecule has 2 aromatic heterocycles. The summed E-state index contributed by atoms with van der Waals surface area (Å²) in [6, 6.07) is 15.6. The number of aliphatic hydroxyl groups excluding tert-OH is 1. The molecule has 8 heteroatoms. The Balaban J connectivity index is 1.70. The molecule has 1 aliphatic rings. The summed E-state index contributed by atoms with van der Waals surface area (Å²) < 4.78 is 6.40. The van der Waals surface area contributed by atoms with Crippen LogP contribution >= 0.6 is 11.3 Å². The highest BCUT2D eigenvalue weighted by Gasteiger charge is 2.48. The molecule has 1 amide bonds. The van der Waals surface area contributed by atoms with E-state index in [1.54, 1.807) is 49.7 Å². The number of Topliss-reactive ketones (excluding diaryl/α,β-unsaturated/α-hetero) is 1. The molecule has 5 rings (SSSR count). The number of nitrogens with zero attached hydrogens (tertiary/aromatic N) is 3. The molecule has 1 atom stereocenters. The maximum absolute atomic E-state index is 13.5. The summed E-state index contributed by atoms with van der Waals surface area (Å²) in [5.74, 6) is -0.633. The standard InChI is InChI=1S/C30H29N3O4S/c1-16(2)18-9-11-21-24(15-18)38-30(32-21)33-26(22-8-6-7-13-31-22)25(28(35)29(33)36)27(34)19-10-12-23(37-5)20(14-19)17(3)4/h6-17,26,34H,1-5H3/b27-25+. The van der Waals surface area contributed by atoms with Gasteiger partial charge in [0, 0.05) is 11.8 Å².